The number of benzene rings is 3. The van der Waals surface area contributed by atoms with Crippen LogP contribution in [0, 0.1) is 11.8 Å². The number of aromatic nitrogens is 1. The van der Waals surface area contributed by atoms with Crippen LogP contribution in [0.4, 0.5) is 30.7 Å². The number of amides is 1. The van der Waals surface area contributed by atoms with E-state index in [4.69, 9.17) is 9.72 Å². The van der Waals surface area contributed by atoms with Gasteiger partial charge in [-0.25, -0.2) is 17.8 Å². The molecule has 7 nitrogen and oxygen atoms in total. The Labute approximate surface area is 334 Å². The number of nitrogens with zero attached hydrogens (tertiary/aromatic N) is 2. The van der Waals surface area contributed by atoms with Crippen LogP contribution in [0.2, 0.25) is 0 Å². The zero-order chi connectivity index (χ0) is 41.8. The van der Waals surface area contributed by atoms with Gasteiger partial charge >= 0.3 is 12.4 Å². The van der Waals surface area contributed by atoms with Gasteiger partial charge in [0.25, 0.3) is 5.91 Å². The first-order chi connectivity index (χ1) is 27.5. The van der Waals surface area contributed by atoms with Crippen molar-refractivity contribution >= 4 is 26.6 Å². The van der Waals surface area contributed by atoms with E-state index in [0.29, 0.717) is 37.8 Å². The fourth-order valence-corrected chi connectivity index (χ4v) is 9.37. The van der Waals surface area contributed by atoms with Crippen molar-refractivity contribution in [2.75, 3.05) is 26.0 Å². The number of methoxy groups -OCH3 is 1. The van der Waals surface area contributed by atoms with Gasteiger partial charge in [0.1, 0.15) is 16.8 Å². The molecule has 1 aromatic heterocycles. The summed E-state index contributed by atoms with van der Waals surface area (Å²) >= 11 is 0. The molecule has 6 rings (SSSR count). The van der Waals surface area contributed by atoms with Gasteiger partial charge in [-0.15, -0.1) is 0 Å². The number of likely N-dealkylation sites (tertiary alicyclic amines) is 1. The molecule has 1 aliphatic heterocycles. The van der Waals surface area contributed by atoms with Crippen LogP contribution in [0.1, 0.15) is 97.8 Å². The third-order valence-electron chi connectivity index (χ3n) is 11.6. The zero-order valence-electron chi connectivity index (χ0n) is 32.4. The number of hydrogen-bond donors (Lipinski definition) is 1. The van der Waals surface area contributed by atoms with Crippen molar-refractivity contribution in [1.82, 2.24) is 15.2 Å². The van der Waals surface area contributed by atoms with E-state index < -0.39 is 45.9 Å². The lowest BCUT2D eigenvalue weighted by Gasteiger charge is -2.33. The average Bonchev–Trinajstić information content (AvgIpc) is 3.41. The average molecular weight is 836 g/mol. The molecule has 3 aromatic carbocycles. The first kappa shape index (κ1) is 43.3. The largest absolute Gasteiger partial charge is 0.495 e. The van der Waals surface area contributed by atoms with E-state index in [9.17, 15) is 43.9 Å². The second kappa shape index (κ2) is 17.9. The van der Waals surface area contributed by atoms with Gasteiger partial charge in [-0.2, -0.15) is 26.3 Å². The molecular formula is C43H48F7N3O4S. The minimum Gasteiger partial charge on any atom is -0.495 e. The number of sulfone groups is 1. The topological polar surface area (TPSA) is 88.6 Å². The summed E-state index contributed by atoms with van der Waals surface area (Å²) in [7, 11) is -2.81. The van der Waals surface area contributed by atoms with Gasteiger partial charge in [0, 0.05) is 29.1 Å². The van der Waals surface area contributed by atoms with Crippen LogP contribution in [0.25, 0.3) is 22.2 Å². The van der Waals surface area contributed by atoms with Crippen LogP contribution in [-0.4, -0.2) is 62.5 Å². The Morgan fingerprint density at radius 2 is 1.59 bits per heavy atom. The van der Waals surface area contributed by atoms with Crippen molar-refractivity contribution < 1.29 is 48.7 Å². The third-order valence-corrected chi connectivity index (χ3v) is 13.4. The minimum atomic E-state index is -4.96. The van der Waals surface area contributed by atoms with E-state index >= 15 is 0 Å². The van der Waals surface area contributed by atoms with Gasteiger partial charge in [0.15, 0.2) is 15.9 Å². The number of alkyl halides is 7. The lowest BCUT2D eigenvalue weighted by molar-refractivity contribution is -0.155. The van der Waals surface area contributed by atoms with Gasteiger partial charge < -0.3 is 10.1 Å². The van der Waals surface area contributed by atoms with Crippen LogP contribution in [0.15, 0.2) is 71.6 Å². The van der Waals surface area contributed by atoms with Crippen LogP contribution in [0.3, 0.4) is 0 Å². The number of hydrogen-bond acceptors (Lipinski definition) is 6. The second-order valence-corrected chi connectivity index (χ2v) is 17.7. The maximum Gasteiger partial charge on any atom is 0.416 e. The van der Waals surface area contributed by atoms with Crippen LogP contribution >= 0.6 is 0 Å². The molecule has 0 spiro atoms. The Bertz CT molecular complexity index is 2170. The molecule has 1 aliphatic carbocycles. The summed E-state index contributed by atoms with van der Waals surface area (Å²) in [6.07, 6.45) is -3.04. The molecule has 1 N–H and O–H groups in total. The molecule has 314 valence electrons. The molecule has 1 amide bonds. The number of pyridine rings is 1. The van der Waals surface area contributed by atoms with Gasteiger partial charge in [-0.1, -0.05) is 75.1 Å². The van der Waals surface area contributed by atoms with Crippen molar-refractivity contribution in [2.24, 2.45) is 11.8 Å². The minimum absolute atomic E-state index is 0.0331. The van der Waals surface area contributed by atoms with Gasteiger partial charge in [-0.3, -0.25) is 9.69 Å². The fourth-order valence-electron chi connectivity index (χ4n) is 8.32. The van der Waals surface area contributed by atoms with E-state index in [-0.39, 0.29) is 61.8 Å². The Morgan fingerprint density at radius 3 is 2.22 bits per heavy atom. The molecule has 1 saturated heterocycles. The SMILES string of the molecule is CCS(=O)(=O)c1cc2c(C(=O)NC(c3ccccc3)C(F)(F)F)c(CN3CCC(CCC4CCCC(F)CC4)CC3)c(-c3cccc(C(F)(F)F)c3)nc2cc1OC. The van der Waals surface area contributed by atoms with Crippen molar-refractivity contribution in [3.63, 3.8) is 0 Å². The zero-order valence-corrected chi connectivity index (χ0v) is 33.3. The Kier molecular flexibility index (Phi) is 13.4. The van der Waals surface area contributed by atoms with Crippen molar-refractivity contribution in [2.45, 2.75) is 101 Å². The highest BCUT2D eigenvalue weighted by Gasteiger charge is 2.43. The number of ether oxygens (including phenoxy) is 1. The highest BCUT2D eigenvalue weighted by molar-refractivity contribution is 7.91. The number of carbonyl (C=O) groups is 1. The molecular weight excluding hydrogens is 788 g/mol. The fraction of sp³-hybridized carbons (Fsp3) is 0.488. The van der Waals surface area contributed by atoms with Crippen molar-refractivity contribution in [1.29, 1.82) is 0 Å². The lowest BCUT2D eigenvalue weighted by atomic mass is 9.86. The first-order valence-electron chi connectivity index (χ1n) is 19.7. The highest BCUT2D eigenvalue weighted by Crippen LogP contribution is 2.41. The van der Waals surface area contributed by atoms with Crippen LogP contribution in [0.5, 0.6) is 5.75 Å². The van der Waals surface area contributed by atoms with Gasteiger partial charge in [0.05, 0.1) is 35.2 Å². The highest BCUT2D eigenvalue weighted by atomic mass is 32.2. The summed E-state index contributed by atoms with van der Waals surface area (Å²) in [5.74, 6) is -0.886. The van der Waals surface area contributed by atoms with Crippen molar-refractivity contribution in [3.8, 4) is 17.0 Å². The quantitative estimate of drug-likeness (QED) is 0.113. The standard InChI is InChI=1S/C43H48F7N3O4S/c1-3-58(55,56)37-24-33-35(25-36(37)57-2)51-39(30-12-8-13-31(23-30)42(45,46)47)34(38(33)41(54)52-40(43(48,49)50)29-10-5-4-6-11-29)26-53-21-19-28(20-22-53)16-15-27-9-7-14-32(44)18-17-27/h4-6,8,10-13,23-25,27-28,32,40H,3,7,9,14-22,26H2,1-2H3,(H,52,54). The maximum absolute atomic E-state index is 14.7. The lowest BCUT2D eigenvalue weighted by Crippen LogP contribution is -2.39. The summed E-state index contributed by atoms with van der Waals surface area (Å²) in [4.78, 5) is 21.1. The molecule has 3 unspecified atom stereocenters. The molecule has 2 fully saturated rings. The van der Waals surface area contributed by atoms with Crippen LogP contribution < -0.4 is 10.1 Å². The van der Waals surface area contributed by atoms with Gasteiger partial charge in [0.2, 0.25) is 0 Å². The van der Waals surface area contributed by atoms with E-state index in [2.05, 4.69) is 5.32 Å². The van der Waals surface area contributed by atoms with Crippen LogP contribution in [-0.2, 0) is 22.6 Å². The first-order valence-corrected chi connectivity index (χ1v) is 21.4. The van der Waals surface area contributed by atoms with E-state index in [0.717, 1.165) is 63.1 Å². The molecule has 4 aromatic rings. The predicted octanol–water partition coefficient (Wildman–Crippen LogP) is 10.7. The van der Waals surface area contributed by atoms with E-state index in [1.807, 2.05) is 4.90 Å². The Balaban J connectivity index is 1.47. The molecule has 3 atom stereocenters. The van der Waals surface area contributed by atoms with E-state index in [1.54, 1.807) is 0 Å². The molecule has 2 aliphatic rings. The predicted molar refractivity (Wildman–Crippen MR) is 208 cm³/mol. The third kappa shape index (κ3) is 10.1. The number of halogens is 7. The molecule has 0 radical (unpaired) electrons. The number of nitrogens with one attached hydrogen (secondary N) is 1. The normalized spacial score (nSPS) is 19.5. The second-order valence-electron chi connectivity index (χ2n) is 15.4. The summed E-state index contributed by atoms with van der Waals surface area (Å²) < 4.78 is 133. The Hall–Kier alpha value is -4.24. The molecule has 58 heavy (non-hydrogen) atoms. The number of carbonyl (C=O) groups excluding carboxylic acids is 1. The summed E-state index contributed by atoms with van der Waals surface area (Å²) in [5.41, 5.74) is -1.69. The van der Waals surface area contributed by atoms with Gasteiger partial charge in [-0.05, 0) is 80.8 Å². The molecule has 0 bridgehead atoms. The summed E-state index contributed by atoms with van der Waals surface area (Å²) in [6, 6.07) is 11.0. The van der Waals surface area contributed by atoms with E-state index in [1.165, 1.54) is 62.6 Å². The summed E-state index contributed by atoms with van der Waals surface area (Å²) in [6.45, 7) is 2.38. The summed E-state index contributed by atoms with van der Waals surface area (Å²) in [5, 5.41) is 2.04. The number of rotatable bonds is 12. The number of fused-ring (bicyclic) bond motifs is 1. The smallest absolute Gasteiger partial charge is 0.416 e. The Morgan fingerprint density at radius 1 is 0.897 bits per heavy atom. The molecule has 1 saturated carbocycles. The maximum atomic E-state index is 14.7. The molecule has 2 heterocycles. The number of piperidine rings is 1. The van der Waals surface area contributed by atoms with Crippen molar-refractivity contribution in [3.05, 3.63) is 89.0 Å². The molecule has 15 heteroatoms. The monoisotopic (exact) mass is 835 g/mol.